The number of aromatic nitrogens is 1. The summed E-state index contributed by atoms with van der Waals surface area (Å²) in [5.74, 6) is -1.53. The average molecular weight is 344 g/mol. The van der Waals surface area contributed by atoms with E-state index in [1.807, 2.05) is 18.2 Å². The molecular weight excluding hydrogens is 324 g/mol. The highest BCUT2D eigenvalue weighted by molar-refractivity contribution is 5.96. The highest BCUT2D eigenvalue weighted by Crippen LogP contribution is 2.26. The number of hydrogen-bond donors (Lipinski definition) is 3. The van der Waals surface area contributed by atoms with Crippen LogP contribution in [0.1, 0.15) is 42.1 Å². The number of pyridine rings is 1. The van der Waals surface area contributed by atoms with Crippen LogP contribution in [-0.2, 0) is 9.53 Å². The molecule has 25 heavy (non-hydrogen) atoms. The molecule has 132 valence electrons. The molecule has 1 aromatic heterocycles. The summed E-state index contributed by atoms with van der Waals surface area (Å²) in [5, 5.41) is 12.0. The molecule has 1 atom stereocenters. The summed E-state index contributed by atoms with van der Waals surface area (Å²) < 4.78 is 4.88. The summed E-state index contributed by atoms with van der Waals surface area (Å²) in [6, 6.07) is 9.48. The van der Waals surface area contributed by atoms with Crippen molar-refractivity contribution in [1.82, 2.24) is 4.98 Å². The van der Waals surface area contributed by atoms with Gasteiger partial charge in [0.05, 0.1) is 5.56 Å². The van der Waals surface area contributed by atoms with Crippen molar-refractivity contribution in [3.8, 4) is 5.88 Å². The van der Waals surface area contributed by atoms with Crippen molar-refractivity contribution in [2.75, 3.05) is 11.9 Å². The van der Waals surface area contributed by atoms with Gasteiger partial charge in [0.1, 0.15) is 0 Å². The maximum atomic E-state index is 12.0. The minimum absolute atomic E-state index is 0.131. The van der Waals surface area contributed by atoms with Crippen LogP contribution in [0.5, 0.6) is 5.88 Å². The van der Waals surface area contributed by atoms with Gasteiger partial charge in [-0.05, 0) is 24.0 Å². The van der Waals surface area contributed by atoms with Crippen LogP contribution in [0.15, 0.2) is 41.2 Å². The van der Waals surface area contributed by atoms with Gasteiger partial charge in [-0.25, -0.2) is 4.79 Å². The second kappa shape index (κ2) is 8.14. The van der Waals surface area contributed by atoms with E-state index in [4.69, 9.17) is 4.74 Å². The second-order valence-corrected chi connectivity index (χ2v) is 5.64. The lowest BCUT2D eigenvalue weighted by molar-refractivity contribution is -0.119. The third-order valence-electron chi connectivity index (χ3n) is 3.78. The van der Waals surface area contributed by atoms with Crippen LogP contribution < -0.4 is 10.9 Å². The largest absolute Gasteiger partial charge is 0.494 e. The van der Waals surface area contributed by atoms with E-state index in [0.29, 0.717) is 5.69 Å². The van der Waals surface area contributed by atoms with E-state index in [9.17, 15) is 19.5 Å². The molecule has 1 heterocycles. The van der Waals surface area contributed by atoms with Crippen LogP contribution in [0, 0.1) is 0 Å². The van der Waals surface area contributed by atoms with Gasteiger partial charge in [0.2, 0.25) is 0 Å². The number of amides is 1. The Morgan fingerprint density at radius 2 is 2.00 bits per heavy atom. The molecule has 2 aromatic rings. The van der Waals surface area contributed by atoms with Crippen molar-refractivity contribution < 1.29 is 19.4 Å². The first-order chi connectivity index (χ1) is 11.9. The van der Waals surface area contributed by atoms with E-state index in [-0.39, 0.29) is 11.5 Å². The quantitative estimate of drug-likeness (QED) is 0.697. The molecule has 0 aliphatic carbocycles. The van der Waals surface area contributed by atoms with Gasteiger partial charge in [0.25, 0.3) is 11.5 Å². The fourth-order valence-electron chi connectivity index (χ4n) is 2.31. The minimum atomic E-state index is -0.869. The first-order valence-electron chi connectivity index (χ1n) is 7.90. The Kier molecular flexibility index (Phi) is 5.94. The molecule has 7 heteroatoms. The van der Waals surface area contributed by atoms with Crippen LogP contribution >= 0.6 is 0 Å². The predicted molar refractivity (Wildman–Crippen MR) is 92.8 cm³/mol. The summed E-state index contributed by atoms with van der Waals surface area (Å²) in [7, 11) is 0. The van der Waals surface area contributed by atoms with Gasteiger partial charge >= 0.3 is 5.97 Å². The van der Waals surface area contributed by atoms with E-state index >= 15 is 0 Å². The van der Waals surface area contributed by atoms with Crippen molar-refractivity contribution in [3.05, 3.63) is 57.9 Å². The average Bonchev–Trinajstić information content (AvgIpc) is 2.58. The number of rotatable bonds is 6. The SMILES string of the molecule is CC[C@@H](C)c1ccccc1NC(=O)COC(=O)c1cc(O)[nH]c(=O)c1. The Labute approximate surface area is 144 Å². The number of para-hydroxylation sites is 1. The third-order valence-corrected chi connectivity index (χ3v) is 3.78. The number of anilines is 1. The van der Waals surface area contributed by atoms with Gasteiger partial charge in [-0.3, -0.25) is 14.6 Å². The van der Waals surface area contributed by atoms with Gasteiger partial charge in [-0.15, -0.1) is 0 Å². The third kappa shape index (κ3) is 4.94. The molecule has 0 fully saturated rings. The zero-order valence-electron chi connectivity index (χ0n) is 14.0. The number of aromatic hydroxyl groups is 1. The van der Waals surface area contributed by atoms with Crippen molar-refractivity contribution in [2.45, 2.75) is 26.2 Å². The van der Waals surface area contributed by atoms with Crippen LogP contribution in [-0.4, -0.2) is 28.6 Å². The van der Waals surface area contributed by atoms with E-state index in [2.05, 4.69) is 24.1 Å². The van der Waals surface area contributed by atoms with E-state index in [1.54, 1.807) is 6.07 Å². The topological polar surface area (TPSA) is 108 Å². The second-order valence-electron chi connectivity index (χ2n) is 5.64. The zero-order valence-corrected chi connectivity index (χ0v) is 14.0. The van der Waals surface area contributed by atoms with Crippen molar-refractivity contribution in [1.29, 1.82) is 0 Å². The van der Waals surface area contributed by atoms with Crippen LogP contribution in [0.3, 0.4) is 0 Å². The minimum Gasteiger partial charge on any atom is -0.494 e. The van der Waals surface area contributed by atoms with E-state index in [1.165, 1.54) is 0 Å². The summed E-state index contributed by atoms with van der Waals surface area (Å²) in [5.41, 5.74) is 0.906. The van der Waals surface area contributed by atoms with Gasteiger partial charge in [0.15, 0.2) is 12.5 Å². The number of benzene rings is 1. The van der Waals surface area contributed by atoms with Crippen LogP contribution in [0.4, 0.5) is 5.69 Å². The van der Waals surface area contributed by atoms with E-state index < -0.39 is 29.9 Å². The van der Waals surface area contributed by atoms with Crippen molar-refractivity contribution in [2.24, 2.45) is 0 Å². The Morgan fingerprint density at radius 1 is 1.28 bits per heavy atom. The molecule has 0 aliphatic rings. The molecule has 0 unspecified atom stereocenters. The molecule has 1 aromatic carbocycles. The Morgan fingerprint density at radius 3 is 2.68 bits per heavy atom. The standard InChI is InChI=1S/C18H20N2O5/c1-3-11(2)13-6-4-5-7-14(13)19-17(23)10-25-18(24)12-8-15(21)20-16(22)9-12/h4-9,11H,3,10H2,1-2H3,(H,19,23)(H2,20,21,22)/t11-/m1/s1. The number of H-pyrrole nitrogens is 1. The number of nitrogens with one attached hydrogen (secondary N) is 2. The highest BCUT2D eigenvalue weighted by atomic mass is 16.5. The molecule has 7 nitrogen and oxygen atoms in total. The number of carbonyl (C=O) groups is 2. The van der Waals surface area contributed by atoms with Crippen molar-refractivity contribution in [3.63, 3.8) is 0 Å². The number of esters is 1. The van der Waals surface area contributed by atoms with Crippen LogP contribution in [0.25, 0.3) is 0 Å². The monoisotopic (exact) mass is 344 g/mol. The smallest absolute Gasteiger partial charge is 0.339 e. The van der Waals surface area contributed by atoms with Gasteiger partial charge in [0, 0.05) is 17.8 Å². The number of ether oxygens (including phenoxy) is 1. The van der Waals surface area contributed by atoms with Crippen molar-refractivity contribution >= 4 is 17.6 Å². The highest BCUT2D eigenvalue weighted by Gasteiger charge is 2.14. The summed E-state index contributed by atoms with van der Waals surface area (Å²) in [6.07, 6.45) is 0.925. The van der Waals surface area contributed by atoms with Gasteiger partial charge in [-0.2, -0.15) is 0 Å². The lowest BCUT2D eigenvalue weighted by atomic mass is 9.97. The zero-order chi connectivity index (χ0) is 18.4. The van der Waals surface area contributed by atoms with Gasteiger partial charge in [-0.1, -0.05) is 32.0 Å². The number of carbonyl (C=O) groups excluding carboxylic acids is 2. The molecule has 0 spiro atoms. The molecular formula is C18H20N2O5. The fourth-order valence-corrected chi connectivity index (χ4v) is 2.31. The summed E-state index contributed by atoms with van der Waals surface area (Å²) in [4.78, 5) is 37.2. The Hall–Kier alpha value is -3.09. The summed E-state index contributed by atoms with van der Waals surface area (Å²) in [6.45, 7) is 3.62. The molecule has 0 saturated carbocycles. The molecule has 3 N–H and O–H groups in total. The first-order valence-corrected chi connectivity index (χ1v) is 7.90. The number of hydrogen-bond acceptors (Lipinski definition) is 5. The first kappa shape index (κ1) is 18.3. The maximum Gasteiger partial charge on any atom is 0.339 e. The molecule has 1 amide bonds. The fraction of sp³-hybridized carbons (Fsp3) is 0.278. The van der Waals surface area contributed by atoms with Crippen LogP contribution in [0.2, 0.25) is 0 Å². The summed E-state index contributed by atoms with van der Waals surface area (Å²) >= 11 is 0. The lowest BCUT2D eigenvalue weighted by Gasteiger charge is -2.15. The molecule has 2 rings (SSSR count). The van der Waals surface area contributed by atoms with Gasteiger partial charge < -0.3 is 15.2 Å². The molecule has 0 aliphatic heterocycles. The Balaban J connectivity index is 1.99. The van der Waals surface area contributed by atoms with E-state index in [0.717, 1.165) is 24.1 Å². The number of aromatic amines is 1. The lowest BCUT2D eigenvalue weighted by Crippen LogP contribution is -2.22. The Bertz CT molecular complexity index is 828. The maximum absolute atomic E-state index is 12.0. The molecule has 0 bridgehead atoms. The normalized spacial score (nSPS) is 11.6. The molecule has 0 saturated heterocycles. The molecule has 0 radical (unpaired) electrons. The predicted octanol–water partition coefficient (Wildman–Crippen LogP) is 2.39.